The van der Waals surface area contributed by atoms with Crippen molar-refractivity contribution in [3.05, 3.63) is 88.8 Å². The van der Waals surface area contributed by atoms with Gasteiger partial charge in [-0.2, -0.15) is 0 Å². The van der Waals surface area contributed by atoms with Crippen molar-refractivity contribution in [1.82, 2.24) is 9.97 Å². The van der Waals surface area contributed by atoms with Crippen LogP contribution in [0.4, 0.5) is 0 Å². The lowest BCUT2D eigenvalue weighted by molar-refractivity contribution is 0.304. The lowest BCUT2D eigenvalue weighted by Crippen LogP contribution is -1.97. The van der Waals surface area contributed by atoms with Crippen molar-refractivity contribution >= 4 is 23.2 Å². The number of phenols is 1. The summed E-state index contributed by atoms with van der Waals surface area (Å²) >= 11 is 12.0. The van der Waals surface area contributed by atoms with Crippen LogP contribution in [0.5, 0.6) is 17.2 Å². The first kappa shape index (κ1) is 21.0. The Labute approximate surface area is 189 Å². The van der Waals surface area contributed by atoms with Gasteiger partial charge in [0.1, 0.15) is 30.2 Å². The Morgan fingerprint density at radius 2 is 1.74 bits per heavy atom. The van der Waals surface area contributed by atoms with Crippen LogP contribution in [0.25, 0.3) is 22.4 Å². The molecule has 0 atom stereocenters. The molecule has 0 amide bonds. The van der Waals surface area contributed by atoms with E-state index >= 15 is 0 Å². The number of halogens is 2. The van der Waals surface area contributed by atoms with Gasteiger partial charge in [-0.05, 0) is 35.9 Å². The Hall–Kier alpha value is -3.28. The van der Waals surface area contributed by atoms with E-state index in [1.165, 1.54) is 6.33 Å². The number of benzene rings is 3. The minimum absolute atomic E-state index is 0.0430. The molecule has 0 aliphatic rings. The van der Waals surface area contributed by atoms with E-state index in [0.29, 0.717) is 32.8 Å². The average Bonchev–Trinajstić information content (AvgIpc) is 2.80. The number of methoxy groups -OCH3 is 1. The Bertz CT molecular complexity index is 1230. The number of ether oxygens (including phenoxy) is 2. The first-order valence-electron chi connectivity index (χ1n) is 9.40. The largest absolute Gasteiger partial charge is 0.507 e. The summed E-state index contributed by atoms with van der Waals surface area (Å²) in [4.78, 5) is 8.56. The Morgan fingerprint density at radius 3 is 2.52 bits per heavy atom. The van der Waals surface area contributed by atoms with Crippen LogP contribution in [0.1, 0.15) is 5.56 Å². The summed E-state index contributed by atoms with van der Waals surface area (Å²) in [7, 11) is 1.61. The smallest absolute Gasteiger partial charge is 0.128 e. The first-order valence-corrected chi connectivity index (χ1v) is 10.2. The molecule has 7 heteroatoms. The van der Waals surface area contributed by atoms with Crippen LogP contribution in [0.3, 0.4) is 0 Å². The van der Waals surface area contributed by atoms with Gasteiger partial charge in [-0.3, -0.25) is 0 Å². The van der Waals surface area contributed by atoms with Crippen LogP contribution in [0.2, 0.25) is 10.0 Å². The molecule has 0 fully saturated rings. The van der Waals surface area contributed by atoms with Crippen molar-refractivity contribution in [3.8, 4) is 39.6 Å². The van der Waals surface area contributed by atoms with Gasteiger partial charge < -0.3 is 14.6 Å². The van der Waals surface area contributed by atoms with E-state index in [1.54, 1.807) is 43.6 Å². The van der Waals surface area contributed by atoms with Crippen molar-refractivity contribution in [1.29, 1.82) is 0 Å². The highest BCUT2D eigenvalue weighted by Crippen LogP contribution is 2.39. The fourth-order valence-electron chi connectivity index (χ4n) is 3.21. The summed E-state index contributed by atoms with van der Waals surface area (Å²) in [5.74, 6) is 1.25. The molecule has 1 heterocycles. The van der Waals surface area contributed by atoms with E-state index in [9.17, 15) is 5.11 Å². The van der Waals surface area contributed by atoms with E-state index in [2.05, 4.69) is 9.97 Å². The Morgan fingerprint density at radius 1 is 0.903 bits per heavy atom. The highest BCUT2D eigenvalue weighted by molar-refractivity contribution is 6.42. The highest BCUT2D eigenvalue weighted by atomic mass is 35.5. The fraction of sp³-hybridized carbons (Fsp3) is 0.0833. The molecule has 156 valence electrons. The van der Waals surface area contributed by atoms with Crippen molar-refractivity contribution in [3.63, 3.8) is 0 Å². The maximum atomic E-state index is 10.7. The molecule has 0 aliphatic heterocycles. The van der Waals surface area contributed by atoms with Gasteiger partial charge in [0.25, 0.3) is 0 Å². The number of nitrogens with zero attached hydrogens (tertiary/aromatic N) is 2. The number of aromatic hydroxyl groups is 1. The minimum Gasteiger partial charge on any atom is -0.507 e. The van der Waals surface area contributed by atoms with Gasteiger partial charge >= 0.3 is 0 Å². The van der Waals surface area contributed by atoms with E-state index in [1.807, 2.05) is 30.3 Å². The molecule has 5 nitrogen and oxygen atoms in total. The summed E-state index contributed by atoms with van der Waals surface area (Å²) in [6.07, 6.45) is 3.15. The van der Waals surface area contributed by atoms with E-state index in [4.69, 9.17) is 32.7 Å². The summed E-state index contributed by atoms with van der Waals surface area (Å²) in [6, 6.07) is 18.0. The van der Waals surface area contributed by atoms with Crippen LogP contribution >= 0.6 is 23.2 Å². The number of hydrogen-bond donors (Lipinski definition) is 1. The molecule has 0 saturated carbocycles. The van der Waals surface area contributed by atoms with Crippen LogP contribution in [0, 0.1) is 0 Å². The maximum Gasteiger partial charge on any atom is 0.128 e. The van der Waals surface area contributed by atoms with Gasteiger partial charge in [0.15, 0.2) is 0 Å². The van der Waals surface area contributed by atoms with Gasteiger partial charge in [0.05, 0.1) is 22.8 Å². The van der Waals surface area contributed by atoms with Gasteiger partial charge in [-0.1, -0.05) is 47.5 Å². The number of phenolic OH excluding ortho intramolecular Hbond substituents is 1. The van der Waals surface area contributed by atoms with Gasteiger partial charge in [-0.15, -0.1) is 0 Å². The highest BCUT2D eigenvalue weighted by Gasteiger charge is 2.16. The van der Waals surface area contributed by atoms with Crippen LogP contribution in [-0.4, -0.2) is 22.2 Å². The van der Waals surface area contributed by atoms with Crippen LogP contribution in [-0.2, 0) is 6.61 Å². The summed E-state index contributed by atoms with van der Waals surface area (Å²) < 4.78 is 11.3. The summed E-state index contributed by atoms with van der Waals surface area (Å²) in [5.41, 5.74) is 3.60. The number of hydrogen-bond acceptors (Lipinski definition) is 5. The monoisotopic (exact) mass is 452 g/mol. The number of aromatic nitrogens is 2. The third-order valence-corrected chi connectivity index (χ3v) is 5.46. The summed E-state index contributed by atoms with van der Waals surface area (Å²) in [5, 5.41) is 11.7. The molecular weight excluding hydrogens is 435 g/mol. The molecule has 1 N–H and O–H groups in total. The second-order valence-corrected chi connectivity index (χ2v) is 7.52. The Kier molecular flexibility index (Phi) is 6.26. The van der Waals surface area contributed by atoms with Gasteiger partial charge in [0, 0.05) is 29.0 Å². The second kappa shape index (κ2) is 9.25. The van der Waals surface area contributed by atoms with E-state index in [0.717, 1.165) is 16.7 Å². The third-order valence-electron chi connectivity index (χ3n) is 4.72. The molecule has 31 heavy (non-hydrogen) atoms. The molecule has 0 spiro atoms. The lowest BCUT2D eigenvalue weighted by atomic mass is 9.99. The van der Waals surface area contributed by atoms with Crippen LogP contribution < -0.4 is 9.47 Å². The fourth-order valence-corrected chi connectivity index (χ4v) is 3.53. The standard InChI is InChI=1S/C24H18Cl2N2O3/c1-30-23-5-3-2-4-17(23)19-12-27-14-28-24(19)18-8-7-16(11-22(18)29)31-13-15-6-9-20(25)21(26)10-15/h2-12,14,29H,13H2,1H3. The van der Waals surface area contributed by atoms with Crippen molar-refractivity contribution in [2.75, 3.05) is 7.11 Å². The second-order valence-electron chi connectivity index (χ2n) is 6.70. The summed E-state index contributed by atoms with van der Waals surface area (Å²) in [6.45, 7) is 0.287. The molecule has 0 radical (unpaired) electrons. The SMILES string of the molecule is COc1ccccc1-c1cncnc1-c1ccc(OCc2ccc(Cl)c(Cl)c2)cc1O. The molecule has 0 saturated heterocycles. The third kappa shape index (κ3) is 4.58. The van der Waals surface area contributed by atoms with Crippen molar-refractivity contribution < 1.29 is 14.6 Å². The average molecular weight is 453 g/mol. The van der Waals surface area contributed by atoms with Crippen molar-refractivity contribution in [2.24, 2.45) is 0 Å². The normalized spacial score (nSPS) is 10.7. The molecule has 0 aliphatic carbocycles. The maximum absolute atomic E-state index is 10.7. The quantitative estimate of drug-likeness (QED) is 0.366. The zero-order valence-corrected chi connectivity index (χ0v) is 18.1. The number of para-hydroxylation sites is 1. The molecular formula is C24H18Cl2N2O3. The molecule has 1 aromatic heterocycles. The topological polar surface area (TPSA) is 64.5 Å². The Balaban J connectivity index is 1.62. The van der Waals surface area contributed by atoms with Crippen LogP contribution in [0.15, 0.2) is 73.2 Å². The predicted octanol–water partition coefficient (Wildman–Crippen LogP) is 6.41. The zero-order valence-electron chi connectivity index (χ0n) is 16.5. The van der Waals surface area contributed by atoms with Gasteiger partial charge in [0.2, 0.25) is 0 Å². The predicted molar refractivity (Wildman–Crippen MR) is 122 cm³/mol. The lowest BCUT2D eigenvalue weighted by Gasteiger charge is -2.14. The first-order chi connectivity index (χ1) is 15.1. The van der Waals surface area contributed by atoms with Crippen molar-refractivity contribution in [2.45, 2.75) is 6.61 Å². The molecule has 4 rings (SSSR count). The minimum atomic E-state index is 0.0430. The molecule has 0 bridgehead atoms. The van der Waals surface area contributed by atoms with E-state index in [-0.39, 0.29) is 12.4 Å². The molecule has 4 aromatic rings. The van der Waals surface area contributed by atoms with Gasteiger partial charge in [-0.25, -0.2) is 9.97 Å². The molecule has 0 unspecified atom stereocenters. The molecule has 3 aromatic carbocycles. The van der Waals surface area contributed by atoms with E-state index < -0.39 is 0 Å². The zero-order chi connectivity index (χ0) is 21.8. The number of rotatable bonds is 6.